The number of alkyl halides is 3. The number of hydrogen-bond acceptors (Lipinski definition) is 2. The molecule has 1 atom stereocenters. The minimum absolute atomic E-state index is 0.124. The van der Waals surface area contributed by atoms with Gasteiger partial charge in [0.15, 0.2) is 0 Å². The highest BCUT2D eigenvalue weighted by molar-refractivity contribution is 6.01. The molecule has 148 valence electrons. The molecule has 1 aromatic heterocycles. The van der Waals surface area contributed by atoms with Crippen LogP contribution in [0, 0.1) is 5.92 Å². The van der Waals surface area contributed by atoms with Gasteiger partial charge >= 0.3 is 6.18 Å². The van der Waals surface area contributed by atoms with Crippen molar-refractivity contribution in [1.82, 2.24) is 14.7 Å². The van der Waals surface area contributed by atoms with Gasteiger partial charge in [-0.15, -0.1) is 0 Å². The van der Waals surface area contributed by atoms with Crippen LogP contribution in [0.3, 0.4) is 0 Å². The first-order chi connectivity index (χ1) is 13.4. The van der Waals surface area contributed by atoms with Crippen molar-refractivity contribution in [1.29, 1.82) is 0 Å². The summed E-state index contributed by atoms with van der Waals surface area (Å²) in [6.45, 7) is 0.669. The average molecular weight is 389 g/mol. The number of nitrogens with zero attached hydrogens (tertiary/aromatic N) is 3. The smallest absolute Gasteiger partial charge is 0.312 e. The van der Waals surface area contributed by atoms with Crippen molar-refractivity contribution >= 4 is 5.91 Å². The molecule has 1 unspecified atom stereocenters. The van der Waals surface area contributed by atoms with Crippen LogP contribution in [0.2, 0.25) is 0 Å². The monoisotopic (exact) mass is 389 g/mol. The van der Waals surface area contributed by atoms with Crippen LogP contribution < -0.4 is 0 Å². The molecule has 0 spiro atoms. The van der Waals surface area contributed by atoms with Crippen LogP contribution in [-0.2, 0) is 13.2 Å². The molecule has 7 heteroatoms. The lowest BCUT2D eigenvalue weighted by Crippen LogP contribution is -2.39. The molecule has 0 bridgehead atoms. The molecule has 4 rings (SSSR count). The minimum atomic E-state index is -4.39. The summed E-state index contributed by atoms with van der Waals surface area (Å²) in [5.74, 6) is 0.304. The zero-order valence-corrected chi connectivity index (χ0v) is 15.7. The van der Waals surface area contributed by atoms with E-state index in [2.05, 4.69) is 11.2 Å². The number of aryl methyl sites for hydroxylation is 1. The SMILES string of the molecule is Cn1ncc(C(=O)N2CCCC3CCCC=C32)c1-c1ccc(C(F)(F)F)cc1. The van der Waals surface area contributed by atoms with Crippen LogP contribution in [0.1, 0.15) is 48.0 Å². The number of benzene rings is 1. The van der Waals surface area contributed by atoms with Crippen LogP contribution in [0.25, 0.3) is 11.3 Å². The number of rotatable bonds is 2. The molecule has 1 aliphatic carbocycles. The number of aromatic nitrogens is 2. The fourth-order valence-electron chi connectivity index (χ4n) is 4.29. The summed E-state index contributed by atoms with van der Waals surface area (Å²) < 4.78 is 40.1. The van der Waals surface area contributed by atoms with Gasteiger partial charge in [-0.2, -0.15) is 18.3 Å². The van der Waals surface area contributed by atoms with E-state index < -0.39 is 11.7 Å². The molecule has 2 aliphatic rings. The molecular weight excluding hydrogens is 367 g/mol. The lowest BCUT2D eigenvalue weighted by atomic mass is 9.84. The Bertz CT molecular complexity index is 912. The standard InChI is InChI=1S/C21H22F3N3O/c1-26-19(15-8-10-16(11-9-15)21(22,23)24)17(13-25-26)20(28)27-12-4-6-14-5-2-3-7-18(14)27/h7-11,13-14H,2-6,12H2,1H3. The fraction of sp³-hybridized carbons (Fsp3) is 0.429. The summed E-state index contributed by atoms with van der Waals surface area (Å²) in [6.07, 6.45) is 4.60. The fourth-order valence-corrected chi connectivity index (χ4v) is 4.29. The van der Waals surface area contributed by atoms with Crippen molar-refractivity contribution in [2.75, 3.05) is 6.54 Å². The van der Waals surface area contributed by atoms with E-state index in [-0.39, 0.29) is 5.91 Å². The van der Waals surface area contributed by atoms with Crippen LogP contribution in [0.4, 0.5) is 13.2 Å². The quantitative estimate of drug-likeness (QED) is 0.723. The van der Waals surface area contributed by atoms with Crippen LogP contribution in [0.15, 0.2) is 42.2 Å². The molecule has 1 fully saturated rings. The number of likely N-dealkylation sites (tertiary alicyclic amines) is 1. The van der Waals surface area contributed by atoms with Gasteiger partial charge in [0, 0.05) is 24.9 Å². The molecular formula is C21H22F3N3O. The molecule has 0 saturated carbocycles. The molecule has 2 heterocycles. The Morgan fingerprint density at radius 1 is 1.14 bits per heavy atom. The largest absolute Gasteiger partial charge is 0.416 e. The van der Waals surface area contributed by atoms with Crippen LogP contribution >= 0.6 is 0 Å². The maximum Gasteiger partial charge on any atom is 0.416 e. The molecule has 0 radical (unpaired) electrons. The number of amides is 1. The number of carbonyl (C=O) groups is 1. The summed E-state index contributed by atoms with van der Waals surface area (Å²) >= 11 is 0. The topological polar surface area (TPSA) is 38.1 Å². The maximum atomic E-state index is 13.3. The zero-order chi connectivity index (χ0) is 19.9. The summed E-state index contributed by atoms with van der Waals surface area (Å²) in [5, 5.41) is 4.21. The third kappa shape index (κ3) is 3.34. The Morgan fingerprint density at radius 2 is 1.86 bits per heavy atom. The highest BCUT2D eigenvalue weighted by atomic mass is 19.4. The van der Waals surface area contributed by atoms with E-state index in [1.54, 1.807) is 11.7 Å². The van der Waals surface area contributed by atoms with Crippen molar-refractivity contribution in [2.24, 2.45) is 13.0 Å². The summed E-state index contributed by atoms with van der Waals surface area (Å²) in [6, 6.07) is 4.87. The lowest BCUT2D eigenvalue weighted by Gasteiger charge is -2.38. The lowest BCUT2D eigenvalue weighted by molar-refractivity contribution is -0.137. The highest BCUT2D eigenvalue weighted by Gasteiger charge is 2.33. The van der Waals surface area contributed by atoms with Gasteiger partial charge in [-0.3, -0.25) is 9.48 Å². The zero-order valence-electron chi connectivity index (χ0n) is 15.7. The Labute approximate surface area is 161 Å². The Balaban J connectivity index is 1.68. The van der Waals surface area contributed by atoms with E-state index >= 15 is 0 Å². The third-order valence-corrected chi connectivity index (χ3v) is 5.67. The van der Waals surface area contributed by atoms with Gasteiger partial charge in [-0.1, -0.05) is 18.2 Å². The van der Waals surface area contributed by atoms with Crippen molar-refractivity contribution in [2.45, 2.75) is 38.3 Å². The van der Waals surface area contributed by atoms with Gasteiger partial charge in [0.05, 0.1) is 23.0 Å². The Morgan fingerprint density at radius 3 is 2.57 bits per heavy atom. The number of hydrogen-bond donors (Lipinski definition) is 0. The van der Waals surface area contributed by atoms with Gasteiger partial charge in [0.1, 0.15) is 0 Å². The number of allylic oxidation sites excluding steroid dienone is 2. The van der Waals surface area contributed by atoms with Crippen LogP contribution in [-0.4, -0.2) is 27.1 Å². The normalized spacial score (nSPS) is 19.9. The van der Waals surface area contributed by atoms with Crippen molar-refractivity contribution < 1.29 is 18.0 Å². The molecule has 1 aliphatic heterocycles. The number of fused-ring (bicyclic) bond motifs is 1. The summed E-state index contributed by atoms with van der Waals surface area (Å²) in [4.78, 5) is 15.2. The van der Waals surface area contributed by atoms with E-state index in [4.69, 9.17) is 0 Å². The number of carbonyl (C=O) groups excluding carboxylic acids is 1. The van der Waals surface area contributed by atoms with Gasteiger partial charge < -0.3 is 4.90 Å². The van der Waals surface area contributed by atoms with Gasteiger partial charge in [0.2, 0.25) is 0 Å². The van der Waals surface area contributed by atoms with Crippen molar-refractivity contribution in [3.05, 3.63) is 53.4 Å². The second-order valence-electron chi connectivity index (χ2n) is 7.46. The number of halogens is 3. The second kappa shape index (κ2) is 7.11. The molecule has 0 N–H and O–H groups in total. The molecule has 2 aromatic rings. The summed E-state index contributed by atoms with van der Waals surface area (Å²) in [7, 11) is 1.70. The van der Waals surface area contributed by atoms with E-state index in [1.165, 1.54) is 18.3 Å². The molecule has 1 amide bonds. The highest BCUT2D eigenvalue weighted by Crippen LogP contribution is 2.37. The first-order valence-corrected chi connectivity index (χ1v) is 9.58. The van der Waals surface area contributed by atoms with Crippen molar-refractivity contribution in [3.63, 3.8) is 0 Å². The van der Waals surface area contributed by atoms with E-state index in [9.17, 15) is 18.0 Å². The Kier molecular flexibility index (Phi) is 4.77. The van der Waals surface area contributed by atoms with Gasteiger partial charge in [-0.25, -0.2) is 0 Å². The first-order valence-electron chi connectivity index (χ1n) is 9.58. The number of piperidine rings is 1. The molecule has 1 aromatic carbocycles. The predicted octanol–water partition coefficient (Wildman–Crippen LogP) is 5.03. The predicted molar refractivity (Wildman–Crippen MR) is 99.3 cm³/mol. The van der Waals surface area contributed by atoms with E-state index in [0.29, 0.717) is 29.3 Å². The molecule has 28 heavy (non-hydrogen) atoms. The first kappa shape index (κ1) is 18.8. The Hall–Kier alpha value is -2.57. The average Bonchev–Trinajstić information content (AvgIpc) is 3.08. The van der Waals surface area contributed by atoms with Gasteiger partial charge in [-0.05, 0) is 50.2 Å². The van der Waals surface area contributed by atoms with Gasteiger partial charge in [0.25, 0.3) is 5.91 Å². The van der Waals surface area contributed by atoms with Crippen LogP contribution in [0.5, 0.6) is 0 Å². The second-order valence-corrected chi connectivity index (χ2v) is 7.46. The van der Waals surface area contributed by atoms with Crippen molar-refractivity contribution in [3.8, 4) is 11.3 Å². The molecule has 1 saturated heterocycles. The minimum Gasteiger partial charge on any atom is -0.312 e. The summed E-state index contributed by atoms with van der Waals surface area (Å²) in [5.41, 5.74) is 1.90. The van der Waals surface area contributed by atoms with E-state index in [1.807, 2.05) is 4.90 Å². The molecule has 4 nitrogen and oxygen atoms in total. The third-order valence-electron chi connectivity index (χ3n) is 5.67. The maximum absolute atomic E-state index is 13.3. The van der Waals surface area contributed by atoms with E-state index in [0.717, 1.165) is 49.9 Å².